The highest BCUT2D eigenvalue weighted by molar-refractivity contribution is 6.42. The molecule has 0 aliphatic carbocycles. The van der Waals surface area contributed by atoms with Crippen molar-refractivity contribution in [1.82, 2.24) is 0 Å². The summed E-state index contributed by atoms with van der Waals surface area (Å²) in [5.41, 5.74) is 1.54. The van der Waals surface area contributed by atoms with Crippen LogP contribution in [0.25, 0.3) is 0 Å². The van der Waals surface area contributed by atoms with Crippen LogP contribution in [-0.4, -0.2) is 18.2 Å². The summed E-state index contributed by atoms with van der Waals surface area (Å²) in [5.74, 6) is -0.836. The summed E-state index contributed by atoms with van der Waals surface area (Å²) >= 11 is 11.8. The number of carbonyl (C=O) groups is 1. The summed E-state index contributed by atoms with van der Waals surface area (Å²) < 4.78 is 5.08. The second kappa shape index (κ2) is 6.83. The van der Waals surface area contributed by atoms with Crippen molar-refractivity contribution in [3.63, 3.8) is 0 Å². The Hall–Kier alpha value is -1.71. The third-order valence-corrected chi connectivity index (χ3v) is 3.98. The van der Waals surface area contributed by atoms with E-state index < -0.39 is 11.9 Å². The first-order valence-corrected chi connectivity index (χ1v) is 7.07. The quantitative estimate of drug-likeness (QED) is 0.885. The van der Waals surface area contributed by atoms with Gasteiger partial charge in [-0.05, 0) is 41.8 Å². The summed E-state index contributed by atoms with van der Waals surface area (Å²) in [7, 11) is 1.57. The van der Waals surface area contributed by atoms with Crippen LogP contribution in [0.15, 0.2) is 42.5 Å². The van der Waals surface area contributed by atoms with Gasteiger partial charge in [-0.1, -0.05) is 41.4 Å². The third-order valence-electron chi connectivity index (χ3n) is 3.24. The molecule has 110 valence electrons. The van der Waals surface area contributed by atoms with Crippen LogP contribution in [0, 0.1) is 0 Å². The largest absolute Gasteiger partial charge is 0.497 e. The zero-order chi connectivity index (χ0) is 15.4. The van der Waals surface area contributed by atoms with Crippen LogP contribution in [0.2, 0.25) is 10.0 Å². The predicted molar refractivity (Wildman–Crippen MR) is 83.5 cm³/mol. The number of rotatable bonds is 5. The monoisotopic (exact) mass is 324 g/mol. The van der Waals surface area contributed by atoms with Gasteiger partial charge in [0.2, 0.25) is 0 Å². The fraction of sp³-hybridized carbons (Fsp3) is 0.188. The Labute approximate surface area is 133 Å². The molecule has 1 atom stereocenters. The van der Waals surface area contributed by atoms with E-state index >= 15 is 0 Å². The van der Waals surface area contributed by atoms with Crippen molar-refractivity contribution in [1.29, 1.82) is 0 Å². The minimum atomic E-state index is -0.883. The van der Waals surface area contributed by atoms with Gasteiger partial charge < -0.3 is 9.84 Å². The highest BCUT2D eigenvalue weighted by atomic mass is 35.5. The number of methoxy groups -OCH3 is 1. The molecule has 0 bridgehead atoms. The van der Waals surface area contributed by atoms with Gasteiger partial charge in [0.1, 0.15) is 5.75 Å². The second-order valence-electron chi connectivity index (χ2n) is 4.62. The molecule has 2 rings (SSSR count). The van der Waals surface area contributed by atoms with Crippen LogP contribution in [0.3, 0.4) is 0 Å². The molecule has 3 nitrogen and oxygen atoms in total. The van der Waals surface area contributed by atoms with Crippen molar-refractivity contribution >= 4 is 29.2 Å². The van der Waals surface area contributed by atoms with E-state index in [4.69, 9.17) is 27.9 Å². The van der Waals surface area contributed by atoms with Gasteiger partial charge >= 0.3 is 5.97 Å². The normalized spacial score (nSPS) is 12.0. The van der Waals surface area contributed by atoms with Crippen molar-refractivity contribution in [3.8, 4) is 5.75 Å². The van der Waals surface area contributed by atoms with E-state index in [2.05, 4.69) is 0 Å². The summed E-state index contributed by atoms with van der Waals surface area (Å²) in [5, 5.41) is 10.3. The van der Waals surface area contributed by atoms with Gasteiger partial charge in [0.25, 0.3) is 0 Å². The van der Waals surface area contributed by atoms with E-state index in [1.807, 2.05) is 0 Å². The highest BCUT2D eigenvalue weighted by Gasteiger charge is 2.20. The molecule has 0 radical (unpaired) electrons. The van der Waals surface area contributed by atoms with Crippen molar-refractivity contribution in [2.75, 3.05) is 7.11 Å². The Balaban J connectivity index is 2.26. The fourth-order valence-electron chi connectivity index (χ4n) is 2.09. The van der Waals surface area contributed by atoms with Gasteiger partial charge in [0.05, 0.1) is 23.1 Å². The molecular formula is C16H14Cl2O3. The molecule has 0 aromatic heterocycles. The number of hydrogen-bond acceptors (Lipinski definition) is 2. The first-order chi connectivity index (χ1) is 10.0. The zero-order valence-corrected chi connectivity index (χ0v) is 12.9. The van der Waals surface area contributed by atoms with Gasteiger partial charge in [0, 0.05) is 0 Å². The lowest BCUT2D eigenvalue weighted by atomic mass is 9.92. The molecule has 2 aromatic rings. The molecule has 1 N–H and O–H groups in total. The van der Waals surface area contributed by atoms with Gasteiger partial charge in [-0.25, -0.2) is 0 Å². The second-order valence-corrected chi connectivity index (χ2v) is 5.43. The maximum Gasteiger partial charge on any atom is 0.311 e. The lowest BCUT2D eigenvalue weighted by Gasteiger charge is -2.14. The Morgan fingerprint density at radius 2 is 1.81 bits per heavy atom. The van der Waals surface area contributed by atoms with Gasteiger partial charge in [-0.3, -0.25) is 4.79 Å². The maximum absolute atomic E-state index is 11.5. The smallest absolute Gasteiger partial charge is 0.311 e. The van der Waals surface area contributed by atoms with Gasteiger partial charge in [-0.15, -0.1) is 0 Å². The van der Waals surface area contributed by atoms with Crippen molar-refractivity contribution < 1.29 is 14.6 Å². The Morgan fingerprint density at radius 1 is 1.14 bits per heavy atom. The molecule has 0 saturated heterocycles. The molecule has 5 heteroatoms. The highest BCUT2D eigenvalue weighted by Crippen LogP contribution is 2.27. The van der Waals surface area contributed by atoms with Crippen LogP contribution >= 0.6 is 23.2 Å². The Morgan fingerprint density at radius 3 is 2.33 bits per heavy atom. The molecule has 0 amide bonds. The predicted octanol–water partition coefficient (Wildman–Crippen LogP) is 4.41. The SMILES string of the molecule is COc1ccc(C(Cc2ccc(Cl)c(Cl)c2)C(=O)O)cc1. The number of ether oxygens (including phenoxy) is 1. The van der Waals surface area contributed by atoms with E-state index in [1.54, 1.807) is 49.6 Å². The number of carboxylic acids is 1. The first-order valence-electron chi connectivity index (χ1n) is 6.32. The minimum absolute atomic E-state index is 0.346. The Kier molecular flexibility index (Phi) is 5.10. The molecule has 0 aliphatic heterocycles. The summed E-state index contributed by atoms with van der Waals surface area (Å²) in [4.78, 5) is 11.5. The number of halogens is 2. The topological polar surface area (TPSA) is 46.5 Å². The van der Waals surface area contributed by atoms with Crippen LogP contribution < -0.4 is 4.74 Å². The summed E-state index contributed by atoms with van der Waals surface area (Å²) in [6.07, 6.45) is 0.346. The standard InChI is InChI=1S/C16H14Cl2O3/c1-21-12-5-3-11(4-6-12)13(16(19)20)8-10-2-7-14(17)15(18)9-10/h2-7,9,13H,8H2,1H3,(H,19,20). The molecule has 1 unspecified atom stereocenters. The van der Waals surface area contributed by atoms with Crippen LogP contribution in [0.5, 0.6) is 5.75 Å². The molecule has 2 aromatic carbocycles. The Bertz CT molecular complexity index is 638. The van der Waals surface area contributed by atoms with E-state index in [-0.39, 0.29) is 0 Å². The van der Waals surface area contributed by atoms with Crippen LogP contribution in [-0.2, 0) is 11.2 Å². The minimum Gasteiger partial charge on any atom is -0.497 e. The van der Waals surface area contributed by atoms with Crippen LogP contribution in [0.1, 0.15) is 17.0 Å². The average molecular weight is 325 g/mol. The molecule has 0 saturated carbocycles. The molecular weight excluding hydrogens is 311 g/mol. The van der Waals surface area contributed by atoms with Gasteiger partial charge in [-0.2, -0.15) is 0 Å². The first kappa shape index (κ1) is 15.7. The number of carboxylic acid groups (broad SMARTS) is 1. The van der Waals surface area contributed by atoms with Crippen molar-refractivity contribution in [2.45, 2.75) is 12.3 Å². The van der Waals surface area contributed by atoms with Crippen molar-refractivity contribution in [2.24, 2.45) is 0 Å². The van der Waals surface area contributed by atoms with Crippen LogP contribution in [0.4, 0.5) is 0 Å². The summed E-state index contributed by atoms with van der Waals surface area (Å²) in [6, 6.07) is 12.2. The average Bonchev–Trinajstić information content (AvgIpc) is 2.48. The molecule has 21 heavy (non-hydrogen) atoms. The zero-order valence-electron chi connectivity index (χ0n) is 11.3. The van der Waals surface area contributed by atoms with E-state index in [9.17, 15) is 9.90 Å². The third kappa shape index (κ3) is 3.90. The molecule has 0 aliphatic rings. The number of aliphatic carboxylic acids is 1. The molecule has 0 heterocycles. The van der Waals surface area contributed by atoms with Gasteiger partial charge in [0.15, 0.2) is 0 Å². The molecule has 0 spiro atoms. The maximum atomic E-state index is 11.5. The van der Waals surface area contributed by atoms with E-state index in [1.165, 1.54) is 0 Å². The number of benzene rings is 2. The lowest BCUT2D eigenvalue weighted by molar-refractivity contribution is -0.138. The fourth-order valence-corrected chi connectivity index (χ4v) is 2.41. The lowest BCUT2D eigenvalue weighted by Crippen LogP contribution is -2.14. The molecule has 0 fully saturated rings. The van der Waals surface area contributed by atoms with E-state index in [0.29, 0.717) is 22.2 Å². The summed E-state index contributed by atoms with van der Waals surface area (Å²) in [6.45, 7) is 0. The van der Waals surface area contributed by atoms with E-state index in [0.717, 1.165) is 11.1 Å². The van der Waals surface area contributed by atoms with Crippen molar-refractivity contribution in [3.05, 3.63) is 63.6 Å². The number of hydrogen-bond donors (Lipinski definition) is 1.